The molecule has 1 saturated heterocycles. The average molecular weight is 380 g/mol. The first-order chi connectivity index (χ1) is 13.7. The minimum absolute atomic E-state index is 0.334. The van der Waals surface area contributed by atoms with Gasteiger partial charge in [0.2, 0.25) is 5.91 Å². The van der Waals surface area contributed by atoms with Gasteiger partial charge in [-0.25, -0.2) is 4.98 Å². The first-order valence-corrected chi connectivity index (χ1v) is 11.0. The van der Waals surface area contributed by atoms with E-state index in [0.29, 0.717) is 18.2 Å². The van der Waals surface area contributed by atoms with Crippen molar-refractivity contribution in [1.82, 2.24) is 14.5 Å². The molecular formula is C24H33N3O. The Kier molecular flexibility index (Phi) is 6.13. The normalized spacial score (nSPS) is 17.8. The van der Waals surface area contributed by atoms with E-state index in [1.165, 1.54) is 29.9 Å². The van der Waals surface area contributed by atoms with E-state index in [4.69, 9.17) is 4.98 Å². The second-order valence-corrected chi connectivity index (χ2v) is 8.74. The molecule has 1 aromatic heterocycles. The van der Waals surface area contributed by atoms with Crippen LogP contribution in [0, 0.1) is 18.8 Å². The number of aryl methyl sites for hydroxylation is 2. The second-order valence-electron chi connectivity index (χ2n) is 8.74. The third-order valence-electron chi connectivity index (χ3n) is 6.41. The van der Waals surface area contributed by atoms with Gasteiger partial charge in [-0.1, -0.05) is 30.3 Å². The number of rotatable bonds is 8. The summed E-state index contributed by atoms with van der Waals surface area (Å²) < 4.78 is 2.44. The fraction of sp³-hybridized carbons (Fsp3) is 0.583. The lowest BCUT2D eigenvalue weighted by atomic mass is 9.93. The molecule has 1 saturated carbocycles. The van der Waals surface area contributed by atoms with Gasteiger partial charge in [-0.05, 0) is 62.8 Å². The van der Waals surface area contributed by atoms with Gasteiger partial charge < -0.3 is 9.47 Å². The lowest BCUT2D eigenvalue weighted by Gasteiger charge is -2.32. The number of nitrogens with zero attached hydrogens (tertiary/aromatic N) is 3. The van der Waals surface area contributed by atoms with Gasteiger partial charge in [0.1, 0.15) is 5.82 Å². The Morgan fingerprint density at radius 2 is 1.82 bits per heavy atom. The zero-order chi connectivity index (χ0) is 19.3. The van der Waals surface area contributed by atoms with E-state index in [2.05, 4.69) is 40.7 Å². The van der Waals surface area contributed by atoms with Gasteiger partial charge >= 0.3 is 0 Å². The van der Waals surface area contributed by atoms with Crippen LogP contribution in [0.15, 0.2) is 36.5 Å². The lowest BCUT2D eigenvalue weighted by Crippen LogP contribution is -2.39. The molecule has 1 aliphatic carbocycles. The quantitative estimate of drug-likeness (QED) is 0.681. The number of carbonyl (C=O) groups is 1. The third-order valence-corrected chi connectivity index (χ3v) is 6.41. The van der Waals surface area contributed by atoms with Crippen LogP contribution in [0.5, 0.6) is 0 Å². The molecule has 1 amide bonds. The zero-order valence-electron chi connectivity index (χ0n) is 17.1. The third kappa shape index (κ3) is 5.03. The van der Waals surface area contributed by atoms with E-state index >= 15 is 0 Å². The minimum Gasteiger partial charge on any atom is -0.343 e. The molecule has 4 rings (SSSR count). The maximum absolute atomic E-state index is 12.5. The van der Waals surface area contributed by atoms with E-state index in [-0.39, 0.29) is 0 Å². The molecule has 1 aromatic carbocycles. The van der Waals surface area contributed by atoms with Crippen LogP contribution in [-0.2, 0) is 24.2 Å². The molecule has 0 unspecified atom stereocenters. The van der Waals surface area contributed by atoms with Gasteiger partial charge in [0.15, 0.2) is 0 Å². The highest BCUT2D eigenvalue weighted by Gasteiger charge is 2.26. The highest BCUT2D eigenvalue weighted by molar-refractivity contribution is 5.76. The van der Waals surface area contributed by atoms with Crippen LogP contribution in [0.25, 0.3) is 0 Å². The molecule has 4 nitrogen and oxygen atoms in total. The number of benzene rings is 1. The van der Waals surface area contributed by atoms with E-state index in [1.807, 2.05) is 12.3 Å². The molecule has 2 aliphatic rings. The van der Waals surface area contributed by atoms with Gasteiger partial charge in [0.05, 0.1) is 0 Å². The van der Waals surface area contributed by atoms with Crippen LogP contribution in [0.1, 0.15) is 55.6 Å². The van der Waals surface area contributed by atoms with Crippen molar-refractivity contribution in [3.8, 4) is 0 Å². The SMILES string of the molecule is Cc1cnc(CC2CCN(C(=O)CCCc3ccccc3)CC2)n1CC1CC1. The molecule has 2 heterocycles. The predicted octanol–water partition coefficient (Wildman–Crippen LogP) is 4.41. The summed E-state index contributed by atoms with van der Waals surface area (Å²) in [6.07, 6.45) is 10.7. The number of carbonyl (C=O) groups excluding carboxylic acids is 1. The van der Waals surface area contributed by atoms with Gasteiger partial charge in [-0.15, -0.1) is 0 Å². The Balaban J connectivity index is 1.20. The number of aromatic nitrogens is 2. The van der Waals surface area contributed by atoms with Gasteiger partial charge in [-0.2, -0.15) is 0 Å². The van der Waals surface area contributed by atoms with Crippen molar-refractivity contribution in [3.63, 3.8) is 0 Å². The van der Waals surface area contributed by atoms with Crippen LogP contribution in [0.2, 0.25) is 0 Å². The van der Waals surface area contributed by atoms with Crippen LogP contribution >= 0.6 is 0 Å². The second kappa shape index (κ2) is 8.93. The first kappa shape index (κ1) is 19.2. The Morgan fingerprint density at radius 3 is 2.54 bits per heavy atom. The minimum atomic E-state index is 0.334. The number of imidazole rings is 1. The fourth-order valence-electron chi connectivity index (χ4n) is 4.37. The summed E-state index contributed by atoms with van der Waals surface area (Å²) in [5.74, 6) is 3.13. The number of piperidine rings is 1. The Hall–Kier alpha value is -2.10. The molecule has 2 fully saturated rings. The maximum Gasteiger partial charge on any atom is 0.222 e. The molecule has 0 radical (unpaired) electrons. The van der Waals surface area contributed by atoms with Gasteiger partial charge in [0.25, 0.3) is 0 Å². The highest BCUT2D eigenvalue weighted by Crippen LogP contribution is 2.32. The number of hydrogen-bond donors (Lipinski definition) is 0. The monoisotopic (exact) mass is 379 g/mol. The van der Waals surface area contributed by atoms with Crippen molar-refractivity contribution in [3.05, 3.63) is 53.6 Å². The summed E-state index contributed by atoms with van der Waals surface area (Å²) in [6, 6.07) is 10.5. The fourth-order valence-corrected chi connectivity index (χ4v) is 4.37. The molecule has 1 aliphatic heterocycles. The van der Waals surface area contributed by atoms with Crippen molar-refractivity contribution in [1.29, 1.82) is 0 Å². The smallest absolute Gasteiger partial charge is 0.222 e. The van der Waals surface area contributed by atoms with E-state index < -0.39 is 0 Å². The standard InChI is InChI=1S/C24H33N3O/c1-19-17-25-23(27(19)18-22-10-11-22)16-21-12-14-26(15-13-21)24(28)9-5-8-20-6-3-2-4-7-20/h2-4,6-7,17,21-22H,5,8-16,18H2,1H3. The molecule has 0 N–H and O–H groups in total. The van der Waals surface area contributed by atoms with Crippen molar-refractivity contribution >= 4 is 5.91 Å². The molecule has 150 valence electrons. The molecule has 0 atom stereocenters. The topological polar surface area (TPSA) is 38.1 Å². The number of likely N-dealkylation sites (tertiary alicyclic amines) is 1. The van der Waals surface area contributed by atoms with Gasteiger partial charge in [-0.3, -0.25) is 4.79 Å². The Labute approximate surface area is 169 Å². The average Bonchev–Trinajstić information content (AvgIpc) is 3.48. The number of amides is 1. The molecule has 2 aromatic rings. The Bertz CT molecular complexity index is 770. The summed E-state index contributed by atoms with van der Waals surface area (Å²) in [5.41, 5.74) is 2.62. The van der Waals surface area contributed by atoms with Crippen molar-refractivity contribution < 1.29 is 4.79 Å². The summed E-state index contributed by atoms with van der Waals surface area (Å²) >= 11 is 0. The van der Waals surface area contributed by atoms with Crippen LogP contribution in [0.3, 0.4) is 0 Å². The molecule has 0 spiro atoms. The van der Waals surface area contributed by atoms with Crippen LogP contribution < -0.4 is 0 Å². The molecular weight excluding hydrogens is 346 g/mol. The summed E-state index contributed by atoms with van der Waals surface area (Å²) in [4.78, 5) is 19.3. The lowest BCUT2D eigenvalue weighted by molar-refractivity contribution is -0.132. The highest BCUT2D eigenvalue weighted by atomic mass is 16.2. The van der Waals surface area contributed by atoms with Crippen LogP contribution in [0.4, 0.5) is 0 Å². The Morgan fingerprint density at radius 1 is 1.07 bits per heavy atom. The van der Waals surface area contributed by atoms with E-state index in [9.17, 15) is 4.79 Å². The number of hydrogen-bond acceptors (Lipinski definition) is 2. The van der Waals surface area contributed by atoms with Crippen molar-refractivity contribution in [2.24, 2.45) is 11.8 Å². The first-order valence-electron chi connectivity index (χ1n) is 11.0. The molecule has 28 heavy (non-hydrogen) atoms. The van der Waals surface area contributed by atoms with Crippen LogP contribution in [-0.4, -0.2) is 33.4 Å². The summed E-state index contributed by atoms with van der Waals surface area (Å²) in [5, 5.41) is 0. The van der Waals surface area contributed by atoms with Crippen molar-refractivity contribution in [2.45, 2.75) is 64.8 Å². The summed E-state index contributed by atoms with van der Waals surface area (Å²) in [7, 11) is 0. The molecule has 4 heteroatoms. The van der Waals surface area contributed by atoms with E-state index in [1.54, 1.807) is 0 Å². The zero-order valence-corrected chi connectivity index (χ0v) is 17.1. The van der Waals surface area contributed by atoms with Crippen molar-refractivity contribution in [2.75, 3.05) is 13.1 Å². The molecule has 0 bridgehead atoms. The van der Waals surface area contributed by atoms with Gasteiger partial charge in [0, 0.05) is 44.4 Å². The van der Waals surface area contributed by atoms with E-state index in [0.717, 1.165) is 57.7 Å². The maximum atomic E-state index is 12.5. The summed E-state index contributed by atoms with van der Waals surface area (Å²) in [6.45, 7) is 5.16. The predicted molar refractivity (Wildman–Crippen MR) is 112 cm³/mol. The largest absolute Gasteiger partial charge is 0.343 e.